The number of hydrogen-bond acceptors (Lipinski definition) is 3. The van der Waals surface area contributed by atoms with E-state index in [-0.39, 0.29) is 0 Å². The molecule has 0 aliphatic heterocycles. The second-order valence-corrected chi connectivity index (χ2v) is 2.12. The Labute approximate surface area is 88.0 Å². The lowest BCUT2D eigenvalue weighted by Gasteiger charge is -1.89. The van der Waals surface area contributed by atoms with Gasteiger partial charge in [-0.15, -0.1) is 13.2 Å². The van der Waals surface area contributed by atoms with Crippen LogP contribution < -0.4 is 0 Å². The minimum Gasteiger partial charge on any atom is -0.478 e. The first kappa shape index (κ1) is 15.6. The molecular weight excluding hydrogens is 200 g/mol. The molecule has 0 bridgehead atoms. The van der Waals surface area contributed by atoms with E-state index in [1.807, 2.05) is 0 Å². The molecule has 0 aliphatic rings. The number of carbonyl (C=O) groups is 2. The molecule has 2 N–H and O–H groups in total. The molecule has 0 saturated carbocycles. The number of carboxylic acids is 2. The molecule has 0 unspecified atom stereocenters. The summed E-state index contributed by atoms with van der Waals surface area (Å²) in [6, 6.07) is 0. The monoisotopic (exact) mass is 214 g/mol. The Kier molecular flexibility index (Phi) is 12.6. The van der Waals surface area contributed by atoms with Gasteiger partial charge in [0.15, 0.2) is 0 Å². The van der Waals surface area contributed by atoms with Crippen molar-refractivity contribution < 1.29 is 24.5 Å². The molecule has 0 aromatic carbocycles. The van der Waals surface area contributed by atoms with Gasteiger partial charge in [-0.3, -0.25) is 0 Å². The minimum absolute atomic E-state index is 0.558. The molecule has 0 radical (unpaired) electrons. The highest BCUT2D eigenvalue weighted by molar-refractivity contribution is 5.89. The standard InChI is InChI=1S/C6H10O.C4H4O4/c1-3-5-7-6-4-2;5-3(6)1-2-4(7)8/h3-4H,1-2,5-6H2;1-2H,(H,5,6)(H,7,8). The molecule has 0 atom stereocenters. The highest BCUT2D eigenvalue weighted by atomic mass is 16.5. The second kappa shape index (κ2) is 12.1. The van der Waals surface area contributed by atoms with Crippen molar-refractivity contribution in [2.45, 2.75) is 0 Å². The molecule has 0 fully saturated rings. The zero-order chi connectivity index (χ0) is 12.1. The highest BCUT2D eigenvalue weighted by Gasteiger charge is 1.88. The molecule has 0 aliphatic carbocycles. The fourth-order valence-corrected chi connectivity index (χ4v) is 0.377. The second-order valence-electron chi connectivity index (χ2n) is 2.12. The van der Waals surface area contributed by atoms with E-state index in [9.17, 15) is 9.59 Å². The van der Waals surface area contributed by atoms with Gasteiger partial charge >= 0.3 is 11.9 Å². The first-order valence-electron chi connectivity index (χ1n) is 3.98. The van der Waals surface area contributed by atoms with Crippen LogP contribution in [0.15, 0.2) is 37.5 Å². The predicted octanol–water partition coefficient (Wildman–Crippen LogP) is 1.09. The van der Waals surface area contributed by atoms with Crippen LogP contribution in [-0.2, 0) is 14.3 Å². The third-order valence-corrected chi connectivity index (χ3v) is 0.840. The summed E-state index contributed by atoms with van der Waals surface area (Å²) in [4.78, 5) is 19.1. The van der Waals surface area contributed by atoms with Gasteiger partial charge < -0.3 is 14.9 Å². The van der Waals surface area contributed by atoms with Gasteiger partial charge in [0.1, 0.15) is 0 Å². The van der Waals surface area contributed by atoms with Gasteiger partial charge in [-0.05, 0) is 0 Å². The van der Waals surface area contributed by atoms with Gasteiger partial charge in [0.25, 0.3) is 0 Å². The summed E-state index contributed by atoms with van der Waals surface area (Å²) in [6.07, 6.45) is 4.54. The highest BCUT2D eigenvalue weighted by Crippen LogP contribution is 1.72. The quantitative estimate of drug-likeness (QED) is 0.393. The molecule has 0 amide bonds. The summed E-state index contributed by atoms with van der Waals surface area (Å²) < 4.78 is 4.90. The van der Waals surface area contributed by atoms with Crippen molar-refractivity contribution in [2.75, 3.05) is 13.2 Å². The van der Waals surface area contributed by atoms with Crippen molar-refractivity contribution in [3.8, 4) is 0 Å². The Morgan fingerprint density at radius 1 is 1.00 bits per heavy atom. The summed E-state index contributed by atoms with van der Waals surface area (Å²) in [6.45, 7) is 8.18. The Morgan fingerprint density at radius 3 is 1.53 bits per heavy atom. The van der Waals surface area contributed by atoms with Gasteiger partial charge in [-0.25, -0.2) is 9.59 Å². The van der Waals surface area contributed by atoms with Crippen molar-refractivity contribution in [1.82, 2.24) is 0 Å². The number of ether oxygens (including phenoxy) is 1. The molecule has 84 valence electrons. The van der Waals surface area contributed by atoms with E-state index < -0.39 is 11.9 Å². The SMILES string of the molecule is C=CCOCC=C.O=C(O)C=CC(=O)O. The molecule has 0 saturated heterocycles. The molecule has 0 aromatic rings. The number of aliphatic carboxylic acids is 2. The van der Waals surface area contributed by atoms with E-state index in [0.717, 1.165) is 0 Å². The van der Waals surface area contributed by atoms with Crippen molar-refractivity contribution >= 4 is 11.9 Å². The van der Waals surface area contributed by atoms with E-state index in [1.165, 1.54) is 0 Å². The van der Waals surface area contributed by atoms with Crippen LogP contribution in [-0.4, -0.2) is 35.4 Å². The number of carboxylic acid groups (broad SMARTS) is 2. The van der Waals surface area contributed by atoms with E-state index >= 15 is 0 Å². The zero-order valence-electron chi connectivity index (χ0n) is 8.26. The van der Waals surface area contributed by atoms with Gasteiger partial charge in [-0.1, -0.05) is 12.2 Å². The Morgan fingerprint density at radius 2 is 1.33 bits per heavy atom. The van der Waals surface area contributed by atoms with E-state index in [2.05, 4.69) is 13.2 Å². The average molecular weight is 214 g/mol. The molecule has 5 nitrogen and oxygen atoms in total. The van der Waals surface area contributed by atoms with Gasteiger partial charge in [0.05, 0.1) is 13.2 Å². The van der Waals surface area contributed by atoms with Crippen molar-refractivity contribution in [2.24, 2.45) is 0 Å². The van der Waals surface area contributed by atoms with Gasteiger partial charge in [0.2, 0.25) is 0 Å². The molecule has 0 aromatic heterocycles. The van der Waals surface area contributed by atoms with E-state index in [1.54, 1.807) is 12.2 Å². The van der Waals surface area contributed by atoms with E-state index in [0.29, 0.717) is 25.4 Å². The van der Waals surface area contributed by atoms with E-state index in [4.69, 9.17) is 14.9 Å². The first-order valence-corrected chi connectivity index (χ1v) is 3.98. The van der Waals surface area contributed by atoms with Gasteiger partial charge in [0, 0.05) is 12.2 Å². The predicted molar refractivity (Wildman–Crippen MR) is 55.6 cm³/mol. The summed E-state index contributed by atoms with van der Waals surface area (Å²) in [5.74, 6) is -2.51. The maximum Gasteiger partial charge on any atom is 0.328 e. The third-order valence-electron chi connectivity index (χ3n) is 0.840. The molecule has 0 rings (SSSR count). The Balaban J connectivity index is 0. The van der Waals surface area contributed by atoms with Gasteiger partial charge in [-0.2, -0.15) is 0 Å². The van der Waals surface area contributed by atoms with Crippen LogP contribution in [0.25, 0.3) is 0 Å². The topological polar surface area (TPSA) is 83.8 Å². The molecular formula is C10H14O5. The summed E-state index contributed by atoms with van der Waals surface area (Å²) in [5.41, 5.74) is 0. The Hall–Kier alpha value is -1.88. The number of hydrogen-bond donors (Lipinski definition) is 2. The lowest BCUT2D eigenvalue weighted by molar-refractivity contribution is -0.134. The van der Waals surface area contributed by atoms with Crippen molar-refractivity contribution in [3.05, 3.63) is 37.5 Å². The van der Waals surface area contributed by atoms with Crippen LogP contribution >= 0.6 is 0 Å². The van der Waals surface area contributed by atoms with Crippen molar-refractivity contribution in [3.63, 3.8) is 0 Å². The zero-order valence-corrected chi connectivity index (χ0v) is 8.26. The normalized spacial score (nSPS) is 8.80. The summed E-state index contributed by atoms with van der Waals surface area (Å²) in [5, 5.41) is 15.6. The summed E-state index contributed by atoms with van der Waals surface area (Å²) >= 11 is 0. The first-order chi connectivity index (χ1) is 7.04. The van der Waals surface area contributed by atoms with Crippen LogP contribution in [0.2, 0.25) is 0 Å². The summed E-state index contributed by atoms with van der Waals surface area (Å²) in [7, 11) is 0. The lowest BCUT2D eigenvalue weighted by Crippen LogP contribution is -1.91. The van der Waals surface area contributed by atoms with Crippen LogP contribution in [0.5, 0.6) is 0 Å². The average Bonchev–Trinajstić information content (AvgIpc) is 2.17. The van der Waals surface area contributed by atoms with Crippen LogP contribution in [0.4, 0.5) is 0 Å². The van der Waals surface area contributed by atoms with Crippen LogP contribution in [0.1, 0.15) is 0 Å². The fraction of sp³-hybridized carbons (Fsp3) is 0.200. The maximum atomic E-state index is 9.55. The smallest absolute Gasteiger partial charge is 0.328 e. The third kappa shape index (κ3) is 24.5. The molecule has 0 spiro atoms. The largest absolute Gasteiger partial charge is 0.478 e. The molecule has 5 heteroatoms. The lowest BCUT2D eigenvalue weighted by atomic mass is 10.5. The van der Waals surface area contributed by atoms with Crippen molar-refractivity contribution in [1.29, 1.82) is 0 Å². The molecule has 15 heavy (non-hydrogen) atoms. The fourth-order valence-electron chi connectivity index (χ4n) is 0.377. The van der Waals surface area contributed by atoms with Crippen LogP contribution in [0, 0.1) is 0 Å². The minimum atomic E-state index is -1.26. The molecule has 0 heterocycles. The maximum absolute atomic E-state index is 9.55. The Bertz CT molecular complexity index is 218. The van der Waals surface area contributed by atoms with Crippen LogP contribution in [0.3, 0.4) is 0 Å². The number of rotatable bonds is 6.